The van der Waals surface area contributed by atoms with E-state index in [1.54, 1.807) is 30.8 Å². The topological polar surface area (TPSA) is 46.1 Å². The van der Waals surface area contributed by atoms with Crippen molar-refractivity contribution in [2.45, 2.75) is 13.3 Å². The van der Waals surface area contributed by atoms with Crippen molar-refractivity contribution in [1.82, 2.24) is 14.9 Å². The average Bonchev–Trinajstić information content (AvgIpc) is 3.01. The highest BCUT2D eigenvalue weighted by Gasteiger charge is 2.17. The summed E-state index contributed by atoms with van der Waals surface area (Å²) in [6.45, 7) is 2.49. The summed E-state index contributed by atoms with van der Waals surface area (Å²) >= 11 is 1.62. The number of amides is 1. The number of rotatable bonds is 5. The van der Waals surface area contributed by atoms with Gasteiger partial charge < -0.3 is 4.90 Å². The van der Waals surface area contributed by atoms with Crippen LogP contribution in [0.2, 0.25) is 0 Å². The lowest BCUT2D eigenvalue weighted by atomic mass is 10.2. The fourth-order valence-electron chi connectivity index (χ4n) is 2.44. The Labute approximate surface area is 150 Å². The first-order valence-corrected chi connectivity index (χ1v) is 8.65. The molecule has 0 saturated heterocycles. The molecule has 0 N–H and O–H groups in total. The van der Waals surface area contributed by atoms with Crippen molar-refractivity contribution < 1.29 is 9.18 Å². The smallest absolute Gasteiger partial charge is 0.256 e. The van der Waals surface area contributed by atoms with Gasteiger partial charge in [-0.25, -0.2) is 9.37 Å². The van der Waals surface area contributed by atoms with Gasteiger partial charge in [-0.3, -0.25) is 9.78 Å². The van der Waals surface area contributed by atoms with Crippen molar-refractivity contribution in [3.8, 4) is 10.6 Å². The number of thiazole rings is 1. The maximum absolute atomic E-state index is 13.7. The van der Waals surface area contributed by atoms with E-state index in [4.69, 9.17) is 0 Å². The van der Waals surface area contributed by atoms with Crippen LogP contribution in [0, 0.1) is 18.8 Å². The molecule has 1 amide bonds. The third-order valence-corrected chi connectivity index (χ3v) is 4.96. The predicted octanol–water partition coefficient (Wildman–Crippen LogP) is 3.77. The van der Waals surface area contributed by atoms with E-state index >= 15 is 0 Å². The van der Waals surface area contributed by atoms with Crippen molar-refractivity contribution in [2.75, 3.05) is 13.6 Å². The molecule has 6 heteroatoms. The Kier molecular flexibility index (Phi) is 5.19. The Morgan fingerprint density at radius 3 is 2.80 bits per heavy atom. The molecule has 0 aliphatic rings. The average molecular weight is 354 g/mol. The highest BCUT2D eigenvalue weighted by molar-refractivity contribution is 7.15. The first-order chi connectivity index (χ1) is 12.1. The Morgan fingerprint density at radius 1 is 1.32 bits per heavy atom. The van der Waals surface area contributed by atoms with Crippen LogP contribution in [0.5, 0.6) is 0 Å². The van der Waals surface area contributed by atoms with Gasteiger partial charge in [0.1, 0.15) is 10.8 Å². The molecule has 3 aromatic rings. The monoisotopic (exact) mass is 354 g/mol. The van der Waals surface area contributed by atoms with E-state index in [0.717, 1.165) is 21.1 Å². The van der Waals surface area contributed by atoms with Gasteiger partial charge in [0.25, 0.3) is 5.91 Å². The summed E-state index contributed by atoms with van der Waals surface area (Å²) < 4.78 is 13.7. The maximum atomic E-state index is 13.7. The lowest BCUT2D eigenvalue weighted by molar-refractivity contribution is 0.0791. The first-order valence-electron chi connectivity index (χ1n) is 7.84. The molecule has 0 bridgehead atoms. The summed E-state index contributed by atoms with van der Waals surface area (Å²) in [6, 6.07) is 10.6. The molecular formula is C19H17FN3OS. The second-order valence-electron chi connectivity index (χ2n) is 5.64. The molecule has 1 radical (unpaired) electrons. The van der Waals surface area contributed by atoms with Crippen LogP contribution < -0.4 is 0 Å². The largest absolute Gasteiger partial charge is 0.341 e. The number of halogens is 1. The summed E-state index contributed by atoms with van der Waals surface area (Å²) in [5, 5.41) is 0.938. The number of carbonyl (C=O) groups excluding carboxylic acids is 1. The van der Waals surface area contributed by atoms with E-state index in [0.29, 0.717) is 13.0 Å². The Morgan fingerprint density at radius 2 is 2.08 bits per heavy atom. The Hall–Kier alpha value is -2.60. The molecule has 0 atom stereocenters. The van der Waals surface area contributed by atoms with Crippen molar-refractivity contribution >= 4 is 17.2 Å². The molecule has 0 aliphatic heterocycles. The third-order valence-electron chi connectivity index (χ3n) is 3.89. The van der Waals surface area contributed by atoms with Gasteiger partial charge in [-0.1, -0.05) is 6.07 Å². The number of aromatic nitrogens is 2. The molecule has 3 rings (SSSR count). The van der Waals surface area contributed by atoms with Crippen LogP contribution in [0.3, 0.4) is 0 Å². The zero-order valence-electron chi connectivity index (χ0n) is 14.0. The van der Waals surface area contributed by atoms with Crippen molar-refractivity contribution in [1.29, 1.82) is 0 Å². The molecule has 0 saturated carbocycles. The quantitative estimate of drug-likeness (QED) is 0.701. The van der Waals surface area contributed by atoms with Gasteiger partial charge in [-0.15, -0.1) is 11.3 Å². The summed E-state index contributed by atoms with van der Waals surface area (Å²) in [7, 11) is 1.67. The van der Waals surface area contributed by atoms with Gasteiger partial charge in [-0.05, 0) is 37.3 Å². The zero-order valence-corrected chi connectivity index (χ0v) is 14.8. The number of nitrogens with zero attached hydrogens (tertiary/aromatic N) is 3. The lowest BCUT2D eigenvalue weighted by Crippen LogP contribution is -2.29. The fourth-order valence-corrected chi connectivity index (χ4v) is 3.41. The second kappa shape index (κ2) is 7.53. The normalized spacial score (nSPS) is 10.7. The Balaban J connectivity index is 1.68. The zero-order chi connectivity index (χ0) is 17.8. The molecular weight excluding hydrogens is 337 g/mol. The summed E-state index contributed by atoms with van der Waals surface area (Å²) in [6.07, 6.45) is 4.10. The number of hydrogen-bond acceptors (Lipinski definition) is 4. The van der Waals surface area contributed by atoms with Crippen molar-refractivity contribution in [2.24, 2.45) is 0 Å². The van der Waals surface area contributed by atoms with Crippen LogP contribution in [0.25, 0.3) is 10.6 Å². The minimum absolute atomic E-state index is 0.0636. The van der Waals surface area contributed by atoms with Gasteiger partial charge in [-0.2, -0.15) is 0 Å². The molecule has 2 aromatic heterocycles. The summed E-state index contributed by atoms with van der Waals surface area (Å²) in [5.41, 5.74) is 2.05. The van der Waals surface area contributed by atoms with E-state index in [1.165, 1.54) is 23.1 Å². The maximum Gasteiger partial charge on any atom is 0.256 e. The molecule has 4 nitrogen and oxygen atoms in total. The molecule has 0 spiro atoms. The van der Waals surface area contributed by atoms with E-state index < -0.39 is 5.82 Å². The number of benzene rings is 1. The minimum atomic E-state index is -0.552. The van der Waals surface area contributed by atoms with Crippen molar-refractivity contribution in [3.63, 3.8) is 0 Å². The standard InChI is InChI=1S/C19H17FN3OS/c1-13-17(22-18(25-13)14-7-10-21-11-8-14)9-12-23(2)19(24)15-5-3-4-6-16(15)20/h3,5-8,10-11H,9,12H2,1-2H3. The van der Waals surface area contributed by atoms with Gasteiger partial charge >= 0.3 is 0 Å². The van der Waals surface area contributed by atoms with Crippen molar-refractivity contribution in [3.05, 3.63) is 70.7 Å². The van der Waals surface area contributed by atoms with Crippen LogP contribution >= 0.6 is 11.3 Å². The molecule has 127 valence electrons. The van der Waals surface area contributed by atoms with Crippen LogP contribution in [-0.4, -0.2) is 34.4 Å². The minimum Gasteiger partial charge on any atom is -0.341 e. The van der Waals surface area contributed by atoms with Gasteiger partial charge in [0.2, 0.25) is 0 Å². The SMILES string of the molecule is Cc1sc(-c2ccncc2)nc1CCN(C)C(=O)c1cc[c]cc1F. The highest BCUT2D eigenvalue weighted by atomic mass is 32.1. The fraction of sp³-hybridized carbons (Fsp3) is 0.211. The number of likely N-dealkylation sites (N-methyl/N-ethyl adjacent to an activating group) is 1. The number of hydrogen-bond donors (Lipinski definition) is 0. The number of aryl methyl sites for hydroxylation is 1. The predicted molar refractivity (Wildman–Crippen MR) is 96.0 cm³/mol. The molecule has 1 aromatic carbocycles. The van der Waals surface area contributed by atoms with Crippen LogP contribution in [-0.2, 0) is 6.42 Å². The van der Waals surface area contributed by atoms with Gasteiger partial charge in [0.05, 0.1) is 11.3 Å². The lowest BCUT2D eigenvalue weighted by Gasteiger charge is -2.17. The van der Waals surface area contributed by atoms with E-state index in [9.17, 15) is 9.18 Å². The highest BCUT2D eigenvalue weighted by Crippen LogP contribution is 2.27. The van der Waals surface area contributed by atoms with E-state index in [2.05, 4.69) is 16.0 Å². The first kappa shape index (κ1) is 17.2. The molecule has 0 fully saturated rings. The van der Waals surface area contributed by atoms with Gasteiger partial charge in [0, 0.05) is 42.8 Å². The van der Waals surface area contributed by atoms with E-state index in [-0.39, 0.29) is 11.5 Å². The van der Waals surface area contributed by atoms with Crippen LogP contribution in [0.4, 0.5) is 4.39 Å². The molecule has 2 heterocycles. The van der Waals surface area contributed by atoms with Crippen LogP contribution in [0.1, 0.15) is 20.9 Å². The van der Waals surface area contributed by atoms with E-state index in [1.807, 2.05) is 19.1 Å². The summed E-state index contributed by atoms with van der Waals surface area (Å²) in [5.74, 6) is -0.891. The van der Waals surface area contributed by atoms with Crippen LogP contribution in [0.15, 0.2) is 42.7 Å². The third kappa shape index (κ3) is 3.91. The molecule has 25 heavy (non-hydrogen) atoms. The Bertz CT molecular complexity index is 879. The molecule has 0 unspecified atom stereocenters. The number of carbonyl (C=O) groups is 1. The van der Waals surface area contributed by atoms with Gasteiger partial charge in [0.15, 0.2) is 0 Å². The second-order valence-corrected chi connectivity index (χ2v) is 6.84. The summed E-state index contributed by atoms with van der Waals surface area (Å²) in [4.78, 5) is 23.7. The molecule has 0 aliphatic carbocycles. The number of pyridine rings is 1.